The number of hydrogen-bond donors (Lipinski definition) is 2. The van der Waals surface area contributed by atoms with Gasteiger partial charge in [0.15, 0.2) is 0 Å². The Morgan fingerprint density at radius 1 is 1.04 bits per heavy atom. The molecule has 0 bridgehead atoms. The maximum absolute atomic E-state index is 12.6. The van der Waals surface area contributed by atoms with Crippen molar-refractivity contribution in [2.24, 2.45) is 0 Å². The van der Waals surface area contributed by atoms with E-state index in [1.165, 1.54) is 0 Å². The van der Waals surface area contributed by atoms with E-state index in [-0.39, 0.29) is 4.90 Å². The van der Waals surface area contributed by atoms with Gasteiger partial charge in [-0.3, -0.25) is 4.72 Å². The molecule has 136 valence electrons. The van der Waals surface area contributed by atoms with E-state index in [9.17, 15) is 8.42 Å². The van der Waals surface area contributed by atoms with E-state index in [0.29, 0.717) is 11.2 Å². The number of aromatic amines is 1. The topological polar surface area (TPSA) is 81.3 Å². The maximum atomic E-state index is 12.6. The van der Waals surface area contributed by atoms with E-state index in [4.69, 9.17) is 0 Å². The standard InChI is InChI=1S/C18H21N5O2S/c1-22-8-10-23(11-9-22)15-4-2-14(3-5-15)21-26(24,25)16-6-7-17-18(12-16)20-13-19-17/h2-7,12-13,21H,8-11H2,1H3,(H,19,20). The van der Waals surface area contributed by atoms with Crippen LogP contribution in [0.5, 0.6) is 0 Å². The fourth-order valence-electron chi connectivity index (χ4n) is 3.10. The van der Waals surface area contributed by atoms with Crippen molar-refractivity contribution in [2.75, 3.05) is 42.8 Å². The van der Waals surface area contributed by atoms with Crippen LogP contribution in [0.25, 0.3) is 11.0 Å². The molecule has 0 atom stereocenters. The smallest absolute Gasteiger partial charge is 0.261 e. The van der Waals surface area contributed by atoms with Gasteiger partial charge in [0, 0.05) is 37.6 Å². The fraction of sp³-hybridized carbons (Fsp3) is 0.278. The van der Waals surface area contributed by atoms with Gasteiger partial charge in [0.25, 0.3) is 10.0 Å². The molecule has 0 radical (unpaired) electrons. The lowest BCUT2D eigenvalue weighted by Crippen LogP contribution is -2.44. The monoisotopic (exact) mass is 371 g/mol. The van der Waals surface area contributed by atoms with Crippen molar-refractivity contribution in [1.82, 2.24) is 14.9 Å². The molecule has 8 heteroatoms. The first kappa shape index (κ1) is 16.9. The Morgan fingerprint density at radius 2 is 1.77 bits per heavy atom. The number of rotatable bonds is 4. The number of aromatic nitrogens is 2. The molecule has 0 aliphatic carbocycles. The normalized spacial score (nSPS) is 16.1. The molecule has 2 aromatic carbocycles. The van der Waals surface area contributed by atoms with Gasteiger partial charge in [-0.25, -0.2) is 13.4 Å². The van der Waals surface area contributed by atoms with Gasteiger partial charge in [0.05, 0.1) is 22.3 Å². The van der Waals surface area contributed by atoms with Gasteiger partial charge in [-0.15, -0.1) is 0 Å². The SMILES string of the molecule is CN1CCN(c2ccc(NS(=O)(=O)c3ccc4[nH]cnc4c3)cc2)CC1. The lowest BCUT2D eigenvalue weighted by Gasteiger charge is -2.34. The quantitative estimate of drug-likeness (QED) is 0.734. The molecule has 1 fully saturated rings. The lowest BCUT2D eigenvalue weighted by atomic mass is 10.2. The summed E-state index contributed by atoms with van der Waals surface area (Å²) in [7, 11) is -1.53. The third-order valence-corrected chi connectivity index (χ3v) is 6.07. The maximum Gasteiger partial charge on any atom is 0.261 e. The molecule has 1 aliphatic heterocycles. The first-order chi connectivity index (χ1) is 12.5. The molecule has 4 rings (SSSR count). The van der Waals surface area contributed by atoms with Crippen molar-refractivity contribution in [3.05, 3.63) is 48.8 Å². The highest BCUT2D eigenvalue weighted by atomic mass is 32.2. The van der Waals surface area contributed by atoms with Crippen LogP contribution in [-0.2, 0) is 10.0 Å². The predicted molar refractivity (Wildman–Crippen MR) is 103 cm³/mol. The minimum Gasteiger partial charge on any atom is -0.369 e. The highest BCUT2D eigenvalue weighted by Gasteiger charge is 2.17. The molecule has 0 unspecified atom stereocenters. The zero-order chi connectivity index (χ0) is 18.1. The van der Waals surface area contributed by atoms with Crippen LogP contribution < -0.4 is 9.62 Å². The summed E-state index contributed by atoms with van der Waals surface area (Å²) in [6.45, 7) is 4.02. The number of imidazole rings is 1. The van der Waals surface area contributed by atoms with E-state index in [1.54, 1.807) is 36.7 Å². The Kier molecular flexibility index (Phi) is 4.29. The number of hydrogen-bond acceptors (Lipinski definition) is 5. The van der Waals surface area contributed by atoms with Crippen molar-refractivity contribution >= 4 is 32.4 Å². The Morgan fingerprint density at radius 3 is 2.50 bits per heavy atom. The Hall–Kier alpha value is -2.58. The average molecular weight is 371 g/mol. The van der Waals surface area contributed by atoms with Crippen LogP contribution in [-0.4, -0.2) is 56.5 Å². The number of sulfonamides is 1. The molecule has 26 heavy (non-hydrogen) atoms. The molecule has 0 spiro atoms. The number of benzene rings is 2. The molecule has 0 amide bonds. The van der Waals surface area contributed by atoms with Gasteiger partial charge in [0.1, 0.15) is 0 Å². The van der Waals surface area contributed by atoms with Crippen LogP contribution in [0.3, 0.4) is 0 Å². The summed E-state index contributed by atoms with van der Waals surface area (Å²) in [6.07, 6.45) is 1.55. The van der Waals surface area contributed by atoms with Crippen molar-refractivity contribution in [2.45, 2.75) is 4.90 Å². The number of anilines is 2. The second-order valence-electron chi connectivity index (χ2n) is 6.52. The summed E-state index contributed by atoms with van der Waals surface area (Å²) in [5, 5.41) is 0. The molecule has 1 aromatic heterocycles. The molecule has 1 aliphatic rings. The van der Waals surface area contributed by atoms with Gasteiger partial charge in [-0.2, -0.15) is 0 Å². The van der Waals surface area contributed by atoms with Gasteiger partial charge in [-0.05, 0) is 49.5 Å². The van der Waals surface area contributed by atoms with E-state index < -0.39 is 10.0 Å². The average Bonchev–Trinajstić information content (AvgIpc) is 3.11. The van der Waals surface area contributed by atoms with Crippen LogP contribution in [0, 0.1) is 0 Å². The van der Waals surface area contributed by atoms with E-state index in [1.807, 2.05) is 12.1 Å². The van der Waals surface area contributed by atoms with Gasteiger partial charge in [-0.1, -0.05) is 0 Å². The number of fused-ring (bicyclic) bond motifs is 1. The van der Waals surface area contributed by atoms with Crippen molar-refractivity contribution in [3.8, 4) is 0 Å². The van der Waals surface area contributed by atoms with Gasteiger partial charge < -0.3 is 14.8 Å². The van der Waals surface area contributed by atoms with Crippen molar-refractivity contribution in [1.29, 1.82) is 0 Å². The second kappa shape index (κ2) is 6.62. The summed E-state index contributed by atoms with van der Waals surface area (Å²) >= 11 is 0. The Bertz CT molecular complexity index is 1010. The molecule has 7 nitrogen and oxygen atoms in total. The van der Waals surface area contributed by atoms with E-state index in [0.717, 1.165) is 37.4 Å². The number of nitrogens with one attached hydrogen (secondary N) is 2. The van der Waals surface area contributed by atoms with Crippen molar-refractivity contribution in [3.63, 3.8) is 0 Å². The first-order valence-electron chi connectivity index (χ1n) is 8.51. The highest BCUT2D eigenvalue weighted by Crippen LogP contribution is 2.23. The van der Waals surface area contributed by atoms with Crippen molar-refractivity contribution < 1.29 is 8.42 Å². The minimum atomic E-state index is -3.65. The number of H-pyrrole nitrogens is 1. The lowest BCUT2D eigenvalue weighted by molar-refractivity contribution is 0.313. The molecule has 0 saturated carbocycles. The minimum absolute atomic E-state index is 0.195. The summed E-state index contributed by atoms with van der Waals surface area (Å²) in [4.78, 5) is 11.9. The van der Waals surface area contributed by atoms with E-state index >= 15 is 0 Å². The molecular formula is C18H21N5O2S. The van der Waals surface area contributed by atoms with Gasteiger partial charge in [0.2, 0.25) is 0 Å². The highest BCUT2D eigenvalue weighted by molar-refractivity contribution is 7.92. The molecule has 1 saturated heterocycles. The van der Waals surface area contributed by atoms with Crippen LogP contribution in [0.15, 0.2) is 53.7 Å². The van der Waals surface area contributed by atoms with Crippen LogP contribution >= 0.6 is 0 Å². The first-order valence-corrected chi connectivity index (χ1v) is 9.99. The summed E-state index contributed by atoms with van der Waals surface area (Å²) in [5.74, 6) is 0. The number of nitrogens with zero attached hydrogens (tertiary/aromatic N) is 3. The summed E-state index contributed by atoms with van der Waals surface area (Å²) < 4.78 is 27.9. The third-order valence-electron chi connectivity index (χ3n) is 4.69. The second-order valence-corrected chi connectivity index (χ2v) is 8.21. The Labute approximate surface area is 152 Å². The molecule has 2 N–H and O–H groups in total. The van der Waals surface area contributed by atoms with Crippen LogP contribution in [0.2, 0.25) is 0 Å². The third kappa shape index (κ3) is 3.38. The van der Waals surface area contributed by atoms with E-state index in [2.05, 4.69) is 31.5 Å². The van der Waals surface area contributed by atoms with Crippen LogP contribution in [0.4, 0.5) is 11.4 Å². The molecule has 2 heterocycles. The fourth-order valence-corrected chi connectivity index (χ4v) is 4.18. The zero-order valence-electron chi connectivity index (χ0n) is 14.5. The Balaban J connectivity index is 1.50. The zero-order valence-corrected chi connectivity index (χ0v) is 15.3. The largest absolute Gasteiger partial charge is 0.369 e. The molecule has 3 aromatic rings. The predicted octanol–water partition coefficient (Wildman–Crippen LogP) is 2.12. The number of likely N-dealkylation sites (N-methyl/N-ethyl adjacent to an activating group) is 1. The number of piperazine rings is 1. The van der Waals surface area contributed by atoms with Gasteiger partial charge >= 0.3 is 0 Å². The summed E-state index contributed by atoms with van der Waals surface area (Å²) in [5.41, 5.74) is 3.09. The molecular weight excluding hydrogens is 350 g/mol. The van der Waals surface area contributed by atoms with Crippen LogP contribution in [0.1, 0.15) is 0 Å². The summed E-state index contributed by atoms with van der Waals surface area (Å²) in [6, 6.07) is 12.4.